The number of aromatic nitrogens is 1. The molecule has 0 saturated carbocycles. The maximum Gasteiger partial charge on any atom is 0.234 e. The molecule has 0 radical (unpaired) electrons. The summed E-state index contributed by atoms with van der Waals surface area (Å²) in [6.07, 6.45) is 2.81. The van der Waals surface area contributed by atoms with E-state index in [0.29, 0.717) is 6.54 Å². The molecule has 17 heavy (non-hydrogen) atoms. The van der Waals surface area contributed by atoms with Gasteiger partial charge in [-0.3, -0.25) is 10.1 Å². The van der Waals surface area contributed by atoms with E-state index in [4.69, 9.17) is 0 Å². The number of aryl methyl sites for hydroxylation is 1. The molecular formula is C12H21N3OS. The number of rotatable bonds is 6. The molecule has 0 fully saturated rings. The third-order valence-electron chi connectivity index (χ3n) is 2.60. The minimum atomic E-state index is 0.0412. The summed E-state index contributed by atoms with van der Waals surface area (Å²) in [5.41, 5.74) is 0. The molecule has 0 aliphatic heterocycles. The van der Waals surface area contributed by atoms with Crippen molar-refractivity contribution in [2.75, 3.05) is 6.54 Å². The van der Waals surface area contributed by atoms with Crippen molar-refractivity contribution in [1.82, 2.24) is 15.6 Å². The first kappa shape index (κ1) is 14.1. The van der Waals surface area contributed by atoms with E-state index in [9.17, 15) is 4.79 Å². The number of hydrogen-bond donors (Lipinski definition) is 2. The zero-order chi connectivity index (χ0) is 12.8. The summed E-state index contributed by atoms with van der Waals surface area (Å²) in [6.45, 7) is 8.45. The van der Waals surface area contributed by atoms with Crippen LogP contribution < -0.4 is 10.6 Å². The summed E-state index contributed by atoms with van der Waals surface area (Å²) in [5, 5.41) is 7.13. The number of amides is 1. The lowest BCUT2D eigenvalue weighted by atomic mass is 10.2. The predicted octanol–water partition coefficient (Wildman–Crippen LogP) is 2.02. The van der Waals surface area contributed by atoms with Gasteiger partial charge in [0.15, 0.2) is 0 Å². The van der Waals surface area contributed by atoms with Crippen LogP contribution in [0.1, 0.15) is 43.1 Å². The van der Waals surface area contributed by atoms with Gasteiger partial charge in [0, 0.05) is 17.1 Å². The Balaban J connectivity index is 2.33. The summed E-state index contributed by atoms with van der Waals surface area (Å²) in [5.74, 6) is 0.0412. The number of carbonyl (C=O) groups is 1. The van der Waals surface area contributed by atoms with E-state index in [0.717, 1.165) is 11.4 Å². The van der Waals surface area contributed by atoms with Crippen LogP contribution >= 0.6 is 11.3 Å². The summed E-state index contributed by atoms with van der Waals surface area (Å²) in [6, 6.07) is 0.359. The van der Waals surface area contributed by atoms with Gasteiger partial charge >= 0.3 is 0 Å². The molecule has 0 bridgehead atoms. The van der Waals surface area contributed by atoms with E-state index in [1.54, 1.807) is 11.3 Å². The van der Waals surface area contributed by atoms with Crippen LogP contribution in [0, 0.1) is 6.92 Å². The molecule has 1 aromatic heterocycles. The van der Waals surface area contributed by atoms with Crippen molar-refractivity contribution in [2.24, 2.45) is 0 Å². The van der Waals surface area contributed by atoms with Crippen LogP contribution in [0.2, 0.25) is 0 Å². The quantitative estimate of drug-likeness (QED) is 0.817. The number of thiazole rings is 1. The molecule has 1 aromatic rings. The van der Waals surface area contributed by atoms with Gasteiger partial charge in [-0.2, -0.15) is 0 Å². The van der Waals surface area contributed by atoms with E-state index >= 15 is 0 Å². The van der Waals surface area contributed by atoms with Crippen LogP contribution in [0.4, 0.5) is 0 Å². The van der Waals surface area contributed by atoms with E-state index in [1.165, 1.54) is 4.88 Å². The lowest BCUT2D eigenvalue weighted by Crippen LogP contribution is -2.39. The second kappa shape index (κ2) is 6.71. The molecule has 2 unspecified atom stereocenters. The minimum Gasteiger partial charge on any atom is -0.353 e. The standard InChI is InChI=1S/C12H21N3OS/c1-5-8(2)15-11(16)7-13-10(4)12-14-6-9(3)17-12/h6,8,10,13H,5,7H2,1-4H3,(H,15,16). The molecule has 0 spiro atoms. The Kier molecular flexibility index (Phi) is 5.58. The molecule has 0 saturated heterocycles. The minimum absolute atomic E-state index is 0.0412. The van der Waals surface area contributed by atoms with Crippen molar-refractivity contribution in [1.29, 1.82) is 0 Å². The average Bonchev–Trinajstić information content (AvgIpc) is 2.72. The SMILES string of the molecule is CCC(C)NC(=O)CNC(C)c1ncc(C)s1. The topological polar surface area (TPSA) is 54.0 Å². The van der Waals surface area contributed by atoms with Gasteiger partial charge in [0.1, 0.15) is 5.01 Å². The molecular weight excluding hydrogens is 234 g/mol. The van der Waals surface area contributed by atoms with Crippen LogP contribution in [-0.4, -0.2) is 23.5 Å². The maximum atomic E-state index is 11.6. The Morgan fingerprint density at radius 1 is 1.53 bits per heavy atom. The summed E-state index contributed by atoms with van der Waals surface area (Å²) < 4.78 is 0. The molecule has 5 heteroatoms. The first-order chi connectivity index (χ1) is 8.02. The molecule has 1 heterocycles. The number of carbonyl (C=O) groups excluding carboxylic acids is 1. The number of nitrogens with one attached hydrogen (secondary N) is 2. The summed E-state index contributed by atoms with van der Waals surface area (Å²) in [4.78, 5) is 17.1. The van der Waals surface area contributed by atoms with Crippen LogP contribution in [0.3, 0.4) is 0 Å². The first-order valence-corrected chi connectivity index (χ1v) is 6.79. The summed E-state index contributed by atoms with van der Waals surface area (Å²) >= 11 is 1.66. The molecule has 2 atom stereocenters. The van der Waals surface area contributed by atoms with Gasteiger partial charge in [-0.05, 0) is 27.2 Å². The highest BCUT2D eigenvalue weighted by molar-refractivity contribution is 7.11. The predicted molar refractivity (Wildman–Crippen MR) is 71.2 cm³/mol. The van der Waals surface area contributed by atoms with E-state index < -0.39 is 0 Å². The third kappa shape index (κ3) is 4.83. The van der Waals surface area contributed by atoms with Gasteiger partial charge in [0.2, 0.25) is 5.91 Å². The highest BCUT2D eigenvalue weighted by Crippen LogP contribution is 2.18. The largest absolute Gasteiger partial charge is 0.353 e. The Hall–Kier alpha value is -0.940. The molecule has 96 valence electrons. The highest BCUT2D eigenvalue weighted by atomic mass is 32.1. The second-order valence-electron chi connectivity index (χ2n) is 4.29. The lowest BCUT2D eigenvalue weighted by molar-refractivity contribution is -0.120. The van der Waals surface area contributed by atoms with E-state index in [2.05, 4.69) is 22.5 Å². The third-order valence-corrected chi connectivity index (χ3v) is 3.69. The average molecular weight is 255 g/mol. The van der Waals surface area contributed by atoms with Gasteiger partial charge < -0.3 is 5.32 Å². The highest BCUT2D eigenvalue weighted by Gasteiger charge is 2.11. The van der Waals surface area contributed by atoms with E-state index in [1.807, 2.05) is 27.0 Å². The fourth-order valence-electron chi connectivity index (χ4n) is 1.33. The fourth-order valence-corrected chi connectivity index (χ4v) is 2.13. The van der Waals surface area contributed by atoms with Crippen molar-refractivity contribution in [2.45, 2.75) is 46.2 Å². The monoisotopic (exact) mass is 255 g/mol. The van der Waals surface area contributed by atoms with Crippen molar-refractivity contribution in [3.05, 3.63) is 16.1 Å². The van der Waals surface area contributed by atoms with Crippen LogP contribution in [0.15, 0.2) is 6.20 Å². The molecule has 0 aliphatic carbocycles. The molecule has 1 amide bonds. The van der Waals surface area contributed by atoms with Gasteiger partial charge in [0.25, 0.3) is 0 Å². The van der Waals surface area contributed by atoms with Crippen LogP contribution in [0.5, 0.6) is 0 Å². The van der Waals surface area contributed by atoms with Crippen molar-refractivity contribution >= 4 is 17.2 Å². The second-order valence-corrected chi connectivity index (χ2v) is 5.55. The number of hydrogen-bond acceptors (Lipinski definition) is 4. The van der Waals surface area contributed by atoms with Gasteiger partial charge in [-0.25, -0.2) is 4.98 Å². The molecule has 0 aliphatic rings. The zero-order valence-electron chi connectivity index (χ0n) is 10.9. The van der Waals surface area contributed by atoms with Gasteiger partial charge in [-0.15, -0.1) is 11.3 Å². The Morgan fingerprint density at radius 2 is 2.24 bits per heavy atom. The Morgan fingerprint density at radius 3 is 2.76 bits per heavy atom. The van der Waals surface area contributed by atoms with E-state index in [-0.39, 0.29) is 18.0 Å². The van der Waals surface area contributed by atoms with Crippen molar-refractivity contribution < 1.29 is 4.79 Å². The fraction of sp³-hybridized carbons (Fsp3) is 0.667. The zero-order valence-corrected chi connectivity index (χ0v) is 11.7. The van der Waals surface area contributed by atoms with Crippen LogP contribution in [0.25, 0.3) is 0 Å². The Labute approximate surface area is 107 Å². The number of nitrogens with zero attached hydrogens (tertiary/aromatic N) is 1. The van der Waals surface area contributed by atoms with Crippen molar-refractivity contribution in [3.63, 3.8) is 0 Å². The smallest absolute Gasteiger partial charge is 0.234 e. The molecule has 1 rings (SSSR count). The van der Waals surface area contributed by atoms with Gasteiger partial charge in [0.05, 0.1) is 12.6 Å². The molecule has 2 N–H and O–H groups in total. The van der Waals surface area contributed by atoms with Crippen molar-refractivity contribution in [3.8, 4) is 0 Å². The lowest BCUT2D eigenvalue weighted by Gasteiger charge is -2.14. The first-order valence-electron chi connectivity index (χ1n) is 5.98. The molecule has 0 aromatic carbocycles. The normalized spacial score (nSPS) is 14.4. The summed E-state index contributed by atoms with van der Waals surface area (Å²) in [7, 11) is 0. The van der Waals surface area contributed by atoms with Crippen LogP contribution in [-0.2, 0) is 4.79 Å². The Bertz CT molecular complexity index is 364. The molecule has 4 nitrogen and oxygen atoms in total. The maximum absolute atomic E-state index is 11.6. The van der Waals surface area contributed by atoms with Gasteiger partial charge in [-0.1, -0.05) is 6.92 Å².